The Morgan fingerprint density at radius 3 is 1.03 bits per heavy atom. The zero-order valence-corrected chi connectivity index (χ0v) is 25.0. The van der Waals surface area contributed by atoms with Crippen molar-refractivity contribution in [3.05, 3.63) is 0 Å². The summed E-state index contributed by atoms with van der Waals surface area (Å²) in [7, 11) is 0. The number of rotatable bonds is 30. The predicted molar refractivity (Wildman–Crippen MR) is 160 cm³/mol. The quantitative estimate of drug-likeness (QED) is 0.0977. The standard InChI is InChI=1S/C33H67NO2/c1-3-5-7-9-11-13-15-17-19-21-23-25-27-29-31-34-33(35)36-32-30-28-26-24-22-20-18-16-14-12-10-8-6-4-2/h3-32H2,1-2H3,(H,34,35). The Morgan fingerprint density at radius 1 is 0.417 bits per heavy atom. The van der Waals surface area contributed by atoms with Gasteiger partial charge in [-0.05, 0) is 12.8 Å². The van der Waals surface area contributed by atoms with Crippen molar-refractivity contribution in [2.45, 2.75) is 194 Å². The average Bonchev–Trinajstić information content (AvgIpc) is 2.88. The van der Waals surface area contributed by atoms with Crippen LogP contribution in [0.15, 0.2) is 0 Å². The SMILES string of the molecule is CCCCCCCCCCCCCCCCNC(=O)OCCCCCCCCCCCCCCCC. The number of hydrogen-bond acceptors (Lipinski definition) is 2. The van der Waals surface area contributed by atoms with Crippen molar-refractivity contribution in [2.75, 3.05) is 13.2 Å². The lowest BCUT2D eigenvalue weighted by molar-refractivity contribution is 0.143. The van der Waals surface area contributed by atoms with Crippen LogP contribution in [0.5, 0.6) is 0 Å². The highest BCUT2D eigenvalue weighted by atomic mass is 16.5. The van der Waals surface area contributed by atoms with Crippen LogP contribution in [0.4, 0.5) is 4.79 Å². The molecule has 0 aliphatic rings. The van der Waals surface area contributed by atoms with Crippen molar-refractivity contribution in [3.8, 4) is 0 Å². The van der Waals surface area contributed by atoms with E-state index in [0.717, 1.165) is 19.4 Å². The van der Waals surface area contributed by atoms with Crippen LogP contribution in [0.1, 0.15) is 194 Å². The van der Waals surface area contributed by atoms with Crippen LogP contribution in [0.3, 0.4) is 0 Å². The number of carbonyl (C=O) groups is 1. The summed E-state index contributed by atoms with van der Waals surface area (Å²) in [6.07, 6.45) is 37.8. The molecule has 0 atom stereocenters. The molecule has 1 N–H and O–H groups in total. The molecule has 0 fully saturated rings. The molecule has 0 aliphatic carbocycles. The zero-order chi connectivity index (χ0) is 26.2. The fraction of sp³-hybridized carbons (Fsp3) is 0.970. The minimum atomic E-state index is -0.223. The molecular weight excluding hydrogens is 442 g/mol. The van der Waals surface area contributed by atoms with Gasteiger partial charge in [-0.2, -0.15) is 0 Å². The molecule has 0 bridgehead atoms. The number of carbonyl (C=O) groups excluding carboxylic acids is 1. The van der Waals surface area contributed by atoms with Gasteiger partial charge in [0.1, 0.15) is 0 Å². The molecule has 0 saturated heterocycles. The number of hydrogen-bond donors (Lipinski definition) is 1. The summed E-state index contributed by atoms with van der Waals surface area (Å²) in [5, 5.41) is 2.91. The number of alkyl carbamates (subject to hydrolysis) is 1. The predicted octanol–water partition coefficient (Wildman–Crippen LogP) is 11.7. The molecule has 0 aromatic heterocycles. The summed E-state index contributed by atoms with van der Waals surface area (Å²) >= 11 is 0. The van der Waals surface area contributed by atoms with Crippen LogP contribution in [-0.4, -0.2) is 19.2 Å². The number of nitrogens with one attached hydrogen (secondary N) is 1. The fourth-order valence-corrected chi connectivity index (χ4v) is 5.02. The maximum Gasteiger partial charge on any atom is 0.407 e. The highest BCUT2D eigenvalue weighted by Crippen LogP contribution is 2.14. The maximum absolute atomic E-state index is 11.8. The first-order valence-electron chi connectivity index (χ1n) is 16.7. The molecule has 0 spiro atoms. The van der Waals surface area contributed by atoms with Crippen LogP contribution in [0, 0.1) is 0 Å². The second-order valence-electron chi connectivity index (χ2n) is 11.3. The van der Waals surface area contributed by atoms with Gasteiger partial charge in [0.15, 0.2) is 0 Å². The number of ether oxygens (including phenoxy) is 1. The van der Waals surface area contributed by atoms with E-state index in [9.17, 15) is 4.79 Å². The Bertz CT molecular complexity index is 376. The lowest BCUT2D eigenvalue weighted by Crippen LogP contribution is -2.25. The Labute approximate surface area is 227 Å². The number of amides is 1. The summed E-state index contributed by atoms with van der Waals surface area (Å²) in [5.41, 5.74) is 0. The van der Waals surface area contributed by atoms with Gasteiger partial charge in [-0.3, -0.25) is 0 Å². The van der Waals surface area contributed by atoms with Crippen molar-refractivity contribution in [3.63, 3.8) is 0 Å². The average molecular weight is 510 g/mol. The Balaban J connectivity index is 3.14. The van der Waals surface area contributed by atoms with Gasteiger partial charge in [-0.25, -0.2) is 4.79 Å². The summed E-state index contributed by atoms with van der Waals surface area (Å²) in [6, 6.07) is 0. The normalized spacial score (nSPS) is 11.2. The largest absolute Gasteiger partial charge is 0.450 e. The first kappa shape index (κ1) is 35.3. The molecule has 0 aromatic rings. The highest BCUT2D eigenvalue weighted by Gasteiger charge is 2.01. The molecular formula is C33H67NO2. The first-order valence-corrected chi connectivity index (χ1v) is 16.7. The second-order valence-corrected chi connectivity index (χ2v) is 11.3. The third-order valence-electron chi connectivity index (χ3n) is 7.53. The third-order valence-corrected chi connectivity index (χ3v) is 7.53. The molecule has 36 heavy (non-hydrogen) atoms. The van der Waals surface area contributed by atoms with Gasteiger partial charge in [0.05, 0.1) is 6.61 Å². The highest BCUT2D eigenvalue weighted by molar-refractivity contribution is 5.66. The Hall–Kier alpha value is -0.730. The van der Waals surface area contributed by atoms with E-state index in [1.165, 1.54) is 167 Å². The Kier molecular flexibility index (Phi) is 31.6. The van der Waals surface area contributed by atoms with Gasteiger partial charge < -0.3 is 10.1 Å². The topological polar surface area (TPSA) is 38.3 Å². The van der Waals surface area contributed by atoms with Crippen LogP contribution in [0.25, 0.3) is 0 Å². The molecule has 0 unspecified atom stereocenters. The molecule has 0 rings (SSSR count). The van der Waals surface area contributed by atoms with E-state index in [1.807, 2.05) is 0 Å². The van der Waals surface area contributed by atoms with E-state index in [4.69, 9.17) is 4.74 Å². The molecule has 216 valence electrons. The molecule has 0 radical (unpaired) electrons. The van der Waals surface area contributed by atoms with Crippen molar-refractivity contribution < 1.29 is 9.53 Å². The van der Waals surface area contributed by atoms with Crippen molar-refractivity contribution in [1.82, 2.24) is 5.32 Å². The summed E-state index contributed by atoms with van der Waals surface area (Å²) < 4.78 is 5.32. The molecule has 1 amide bonds. The Morgan fingerprint density at radius 2 is 0.694 bits per heavy atom. The molecule has 3 nitrogen and oxygen atoms in total. The molecule has 0 aromatic carbocycles. The first-order chi connectivity index (χ1) is 17.8. The lowest BCUT2D eigenvalue weighted by Gasteiger charge is -2.07. The van der Waals surface area contributed by atoms with Crippen LogP contribution in [-0.2, 0) is 4.74 Å². The molecule has 0 heterocycles. The van der Waals surface area contributed by atoms with Gasteiger partial charge in [-0.15, -0.1) is 0 Å². The van der Waals surface area contributed by atoms with Gasteiger partial charge >= 0.3 is 6.09 Å². The minimum Gasteiger partial charge on any atom is -0.450 e. The zero-order valence-electron chi connectivity index (χ0n) is 25.0. The summed E-state index contributed by atoms with van der Waals surface area (Å²) in [6.45, 7) is 5.90. The van der Waals surface area contributed by atoms with E-state index in [2.05, 4.69) is 19.2 Å². The monoisotopic (exact) mass is 510 g/mol. The molecule has 3 heteroatoms. The molecule has 0 aliphatic heterocycles. The van der Waals surface area contributed by atoms with Crippen LogP contribution in [0.2, 0.25) is 0 Å². The van der Waals surface area contributed by atoms with Crippen molar-refractivity contribution in [2.24, 2.45) is 0 Å². The van der Waals surface area contributed by atoms with Gasteiger partial charge in [0, 0.05) is 6.54 Å². The summed E-state index contributed by atoms with van der Waals surface area (Å²) in [5.74, 6) is 0. The van der Waals surface area contributed by atoms with Gasteiger partial charge in [-0.1, -0.05) is 181 Å². The third kappa shape index (κ3) is 31.3. The van der Waals surface area contributed by atoms with Crippen molar-refractivity contribution >= 4 is 6.09 Å². The fourth-order valence-electron chi connectivity index (χ4n) is 5.02. The van der Waals surface area contributed by atoms with Crippen molar-refractivity contribution in [1.29, 1.82) is 0 Å². The van der Waals surface area contributed by atoms with E-state index in [1.54, 1.807) is 0 Å². The van der Waals surface area contributed by atoms with E-state index >= 15 is 0 Å². The van der Waals surface area contributed by atoms with Gasteiger partial charge in [0.2, 0.25) is 0 Å². The number of unbranched alkanes of at least 4 members (excludes halogenated alkanes) is 26. The molecule has 0 saturated carbocycles. The lowest BCUT2D eigenvalue weighted by atomic mass is 10.0. The van der Waals surface area contributed by atoms with E-state index in [0.29, 0.717) is 6.61 Å². The van der Waals surface area contributed by atoms with E-state index in [-0.39, 0.29) is 6.09 Å². The smallest absolute Gasteiger partial charge is 0.407 e. The minimum absolute atomic E-state index is 0.223. The van der Waals surface area contributed by atoms with Gasteiger partial charge in [0.25, 0.3) is 0 Å². The maximum atomic E-state index is 11.8. The van der Waals surface area contributed by atoms with Crippen LogP contribution >= 0.6 is 0 Å². The van der Waals surface area contributed by atoms with Crippen LogP contribution < -0.4 is 5.32 Å². The summed E-state index contributed by atoms with van der Waals surface area (Å²) in [4.78, 5) is 11.8. The van der Waals surface area contributed by atoms with E-state index < -0.39 is 0 Å². The second kappa shape index (κ2) is 32.3.